The molecule has 1 aromatic rings. The number of rotatable bonds is 3. The van der Waals surface area contributed by atoms with Crippen LogP contribution in [-0.4, -0.2) is 45.0 Å². The summed E-state index contributed by atoms with van der Waals surface area (Å²) in [4.78, 5) is 1.71. The predicted octanol–water partition coefficient (Wildman–Crippen LogP) is 5.75. The van der Waals surface area contributed by atoms with Crippen molar-refractivity contribution in [1.29, 1.82) is 0 Å². The van der Waals surface area contributed by atoms with Gasteiger partial charge in [0.15, 0.2) is 0 Å². The SMILES string of the molecule is CC(C)(C)c1cc(C(C)(C)C)c(N)c(C(C)(C)C)c1.CN(C)C(=S)[S-].S=C([S-])NCCNC(=S)S.[Zn+2]. The molecule has 202 valence electrons. The van der Waals surface area contributed by atoms with Crippen molar-refractivity contribution >= 4 is 93.2 Å². The van der Waals surface area contributed by atoms with E-state index in [0.29, 0.717) is 26.1 Å². The van der Waals surface area contributed by atoms with Crippen molar-refractivity contribution in [2.75, 3.05) is 32.9 Å². The molecule has 0 unspecified atom stereocenters. The third kappa shape index (κ3) is 18.4. The van der Waals surface area contributed by atoms with E-state index in [1.165, 1.54) is 16.7 Å². The molecular weight excluding hydrogens is 614 g/mol. The molecule has 0 saturated heterocycles. The Morgan fingerprint density at radius 2 is 1.17 bits per heavy atom. The van der Waals surface area contributed by atoms with Gasteiger partial charge in [-0.05, 0) is 32.9 Å². The summed E-state index contributed by atoms with van der Waals surface area (Å²) in [6, 6.07) is 4.59. The first-order valence-corrected chi connectivity index (χ1v) is 13.8. The number of benzene rings is 1. The summed E-state index contributed by atoms with van der Waals surface area (Å²) in [5, 5.41) is 5.62. The number of nitrogens with one attached hydrogen (secondary N) is 2. The van der Waals surface area contributed by atoms with Crippen molar-refractivity contribution in [3.8, 4) is 0 Å². The zero-order valence-electron chi connectivity index (χ0n) is 23.8. The van der Waals surface area contributed by atoms with Crippen LogP contribution in [0.4, 0.5) is 5.69 Å². The van der Waals surface area contributed by atoms with Crippen molar-refractivity contribution in [1.82, 2.24) is 15.5 Å². The molecule has 0 bridgehead atoms. The zero-order valence-corrected chi connectivity index (χ0v) is 31.7. The molecule has 0 aliphatic rings. The number of hydrogen-bond donors (Lipinski definition) is 4. The van der Waals surface area contributed by atoms with Gasteiger partial charge < -0.3 is 71.0 Å². The number of hydrogen-bond acceptors (Lipinski definition) is 6. The van der Waals surface area contributed by atoms with E-state index in [-0.39, 0.29) is 35.7 Å². The summed E-state index contributed by atoms with van der Waals surface area (Å²) in [5.41, 5.74) is 11.6. The number of anilines is 1. The standard InChI is InChI=1S/C18H31N.C4H8N2S4.C3H7NS2.Zn/c1-16(2,3)12-10-13(17(4,5)6)15(19)14(11-12)18(7,8)9;7-3(8)5-1-2-6-4(9)10;1-4(2)3(5)6;/h10-11H,19H2,1-9H3;1-2H2,(H2,5,7,8)(H2,6,9,10);1-2H3,(H,5,6);/q;;;+2/p-2. The first-order valence-electron chi connectivity index (χ1n) is 11.3. The molecule has 0 amide bonds. The second-order valence-corrected chi connectivity index (χ2v) is 14.6. The van der Waals surface area contributed by atoms with Gasteiger partial charge in [-0.25, -0.2) is 0 Å². The molecule has 36 heavy (non-hydrogen) atoms. The van der Waals surface area contributed by atoms with Crippen LogP contribution < -0.4 is 16.4 Å². The topological polar surface area (TPSA) is 53.3 Å². The molecule has 0 aliphatic heterocycles. The smallest absolute Gasteiger partial charge is 0.412 e. The fraction of sp³-hybridized carbons (Fsp3) is 0.640. The van der Waals surface area contributed by atoms with Crippen LogP contribution >= 0.6 is 49.3 Å². The normalized spacial score (nSPS) is 10.9. The van der Waals surface area contributed by atoms with Gasteiger partial charge in [0.1, 0.15) is 4.32 Å². The molecule has 4 nitrogen and oxygen atoms in total. The van der Waals surface area contributed by atoms with Gasteiger partial charge in [-0.2, -0.15) is 0 Å². The number of nitrogen functional groups attached to an aromatic ring is 1. The summed E-state index contributed by atoms with van der Waals surface area (Å²) >= 11 is 26.8. The summed E-state index contributed by atoms with van der Waals surface area (Å²) in [6.07, 6.45) is 0. The van der Waals surface area contributed by atoms with Crippen LogP contribution in [0.5, 0.6) is 0 Å². The van der Waals surface area contributed by atoms with Crippen LogP contribution in [0.1, 0.15) is 79.0 Å². The molecule has 1 aromatic carbocycles. The van der Waals surface area contributed by atoms with E-state index in [1.54, 1.807) is 4.90 Å². The van der Waals surface area contributed by atoms with Crippen LogP contribution in [0.25, 0.3) is 0 Å². The fourth-order valence-corrected chi connectivity index (χ4v) is 3.08. The Bertz CT molecular complexity index is 803. The Morgan fingerprint density at radius 1 is 0.833 bits per heavy atom. The minimum absolute atomic E-state index is 0. The van der Waals surface area contributed by atoms with Crippen LogP contribution in [0.3, 0.4) is 0 Å². The van der Waals surface area contributed by atoms with E-state index < -0.39 is 0 Å². The molecule has 4 N–H and O–H groups in total. The molecule has 11 heteroatoms. The molecule has 0 heterocycles. The van der Waals surface area contributed by atoms with Crippen molar-refractivity contribution in [2.45, 2.75) is 78.6 Å². The Balaban J connectivity index is -0.000000538. The number of nitrogens with two attached hydrogens (primary N) is 1. The molecule has 0 aliphatic carbocycles. The van der Waals surface area contributed by atoms with Gasteiger partial charge in [-0.3, -0.25) is 0 Å². The van der Waals surface area contributed by atoms with Gasteiger partial charge in [0.05, 0.1) is 0 Å². The Kier molecular flexibility index (Phi) is 19.9. The van der Waals surface area contributed by atoms with Crippen LogP contribution in [0.15, 0.2) is 12.1 Å². The van der Waals surface area contributed by atoms with Gasteiger partial charge >= 0.3 is 19.5 Å². The third-order valence-corrected chi connectivity index (χ3v) is 6.02. The van der Waals surface area contributed by atoms with Gasteiger partial charge in [-0.15, -0.1) is 12.6 Å². The molecule has 0 saturated carbocycles. The van der Waals surface area contributed by atoms with E-state index in [2.05, 4.69) is 160 Å². The van der Waals surface area contributed by atoms with E-state index in [0.717, 1.165) is 5.69 Å². The van der Waals surface area contributed by atoms with Gasteiger partial charge in [0.25, 0.3) is 0 Å². The van der Waals surface area contributed by atoms with E-state index >= 15 is 0 Å². The van der Waals surface area contributed by atoms with Gasteiger partial charge in [0, 0.05) is 32.9 Å². The first kappa shape index (κ1) is 40.6. The number of thiocarbonyl (C=S) groups is 3. The maximum atomic E-state index is 6.47. The van der Waals surface area contributed by atoms with Crippen molar-refractivity contribution in [3.63, 3.8) is 0 Å². The molecule has 0 spiro atoms. The van der Waals surface area contributed by atoms with Crippen molar-refractivity contribution in [3.05, 3.63) is 28.8 Å². The van der Waals surface area contributed by atoms with E-state index in [1.807, 2.05) is 14.1 Å². The van der Waals surface area contributed by atoms with Gasteiger partial charge in [-0.1, -0.05) is 95.3 Å². The summed E-state index contributed by atoms with van der Waals surface area (Å²) in [7, 11) is 3.66. The second kappa shape index (κ2) is 17.6. The van der Waals surface area contributed by atoms with Crippen molar-refractivity contribution in [2.24, 2.45) is 0 Å². The quantitative estimate of drug-likeness (QED) is 0.0813. The number of nitrogens with zero attached hydrogens (tertiary/aromatic N) is 1. The summed E-state index contributed by atoms with van der Waals surface area (Å²) in [5.74, 6) is 0. The zero-order chi connectivity index (χ0) is 28.4. The summed E-state index contributed by atoms with van der Waals surface area (Å²) in [6.45, 7) is 21.6. The molecule has 0 aromatic heterocycles. The fourth-order valence-electron chi connectivity index (χ4n) is 2.66. The second-order valence-electron chi connectivity index (χ2n) is 11.3. The Morgan fingerprint density at radius 3 is 1.39 bits per heavy atom. The Labute approximate surface area is 266 Å². The maximum Gasteiger partial charge on any atom is 2.00 e. The van der Waals surface area contributed by atoms with E-state index in [9.17, 15) is 0 Å². The minimum atomic E-state index is 0. The van der Waals surface area contributed by atoms with Crippen molar-refractivity contribution < 1.29 is 19.5 Å². The molecule has 0 radical (unpaired) electrons. The van der Waals surface area contributed by atoms with Crippen LogP contribution in [-0.2, 0) is 61.0 Å². The molecule has 0 fully saturated rings. The van der Waals surface area contributed by atoms with Crippen LogP contribution in [0.2, 0.25) is 0 Å². The van der Waals surface area contributed by atoms with Gasteiger partial charge in [0.2, 0.25) is 0 Å². The largest absolute Gasteiger partial charge is 2.00 e. The number of thiol groups is 1. The monoisotopic (exact) mass is 656 g/mol. The predicted molar refractivity (Wildman–Crippen MR) is 178 cm³/mol. The first-order chi connectivity index (χ1) is 15.5. The summed E-state index contributed by atoms with van der Waals surface area (Å²) < 4.78 is 1.37. The molecular formula is C25H44N4S6Zn. The average molecular weight is 658 g/mol. The minimum Gasteiger partial charge on any atom is -0.412 e. The maximum absolute atomic E-state index is 6.47. The molecule has 0 atom stereocenters. The van der Waals surface area contributed by atoms with Crippen LogP contribution in [0, 0.1) is 0 Å². The Hall–Kier alpha value is 0.103. The average Bonchev–Trinajstić information content (AvgIpc) is 2.63. The van der Waals surface area contributed by atoms with E-state index in [4.69, 9.17) is 5.73 Å². The molecule has 1 rings (SSSR count). The third-order valence-electron chi connectivity index (χ3n) is 4.70.